The van der Waals surface area contributed by atoms with E-state index in [0.29, 0.717) is 17.2 Å². The summed E-state index contributed by atoms with van der Waals surface area (Å²) in [5.74, 6) is 0.113. The van der Waals surface area contributed by atoms with Crippen LogP contribution in [0.1, 0.15) is 34.6 Å². The summed E-state index contributed by atoms with van der Waals surface area (Å²) in [5, 5.41) is 2.08. The van der Waals surface area contributed by atoms with E-state index >= 15 is 0 Å². The van der Waals surface area contributed by atoms with Crippen molar-refractivity contribution in [3.05, 3.63) is 47.5 Å². The second kappa shape index (κ2) is 7.15. The van der Waals surface area contributed by atoms with Crippen LogP contribution in [0.25, 0.3) is 21.8 Å². The number of rotatable bonds is 6. The van der Waals surface area contributed by atoms with Crippen molar-refractivity contribution in [2.45, 2.75) is 26.4 Å². The molecule has 5 nitrogen and oxygen atoms in total. The topological polar surface area (TPSA) is 45.6 Å². The Labute approximate surface area is 165 Å². The SMILES string of the molecule is CC(=O)c1ccc2c(c1)c1cc(C(C)=O)ccc1n2CCN1CC(N(C)C)C1. The molecule has 0 radical (unpaired) electrons. The predicted octanol–water partition coefficient (Wildman–Crippen LogP) is 3.45. The van der Waals surface area contributed by atoms with Crippen molar-refractivity contribution < 1.29 is 9.59 Å². The largest absolute Gasteiger partial charge is 0.339 e. The highest BCUT2D eigenvalue weighted by Crippen LogP contribution is 2.31. The quantitative estimate of drug-likeness (QED) is 0.618. The summed E-state index contributed by atoms with van der Waals surface area (Å²) in [5.41, 5.74) is 3.64. The van der Waals surface area contributed by atoms with Gasteiger partial charge in [-0.1, -0.05) is 0 Å². The first-order valence-corrected chi connectivity index (χ1v) is 9.82. The van der Waals surface area contributed by atoms with E-state index in [9.17, 15) is 9.59 Å². The molecule has 1 aromatic heterocycles. The number of benzene rings is 2. The number of nitrogens with zero attached hydrogens (tertiary/aromatic N) is 3. The Morgan fingerprint density at radius 3 is 1.82 bits per heavy atom. The number of likely N-dealkylation sites (tertiary alicyclic amines) is 1. The zero-order valence-corrected chi connectivity index (χ0v) is 17.0. The van der Waals surface area contributed by atoms with Gasteiger partial charge >= 0.3 is 0 Å². The van der Waals surface area contributed by atoms with Crippen LogP contribution in [0.3, 0.4) is 0 Å². The summed E-state index contributed by atoms with van der Waals surface area (Å²) in [6, 6.07) is 12.5. The molecule has 2 aromatic carbocycles. The standard InChI is InChI=1S/C23H27N3O2/c1-15(27)17-5-7-22-20(11-17)21-12-18(16(2)28)6-8-23(21)26(22)10-9-25-13-19(14-25)24(3)4/h5-8,11-12,19H,9-10,13-14H2,1-4H3. The lowest BCUT2D eigenvalue weighted by Crippen LogP contribution is -2.57. The van der Waals surface area contributed by atoms with Crippen LogP contribution >= 0.6 is 0 Å². The molecule has 0 aliphatic carbocycles. The normalized spacial score (nSPS) is 15.5. The van der Waals surface area contributed by atoms with Crippen molar-refractivity contribution >= 4 is 33.4 Å². The van der Waals surface area contributed by atoms with Gasteiger partial charge in [-0.2, -0.15) is 0 Å². The minimum Gasteiger partial charge on any atom is -0.339 e. The van der Waals surface area contributed by atoms with Crippen LogP contribution in [0, 0.1) is 0 Å². The molecule has 0 amide bonds. The molecule has 0 saturated carbocycles. The van der Waals surface area contributed by atoms with Crippen molar-refractivity contribution in [2.24, 2.45) is 0 Å². The Morgan fingerprint density at radius 2 is 1.39 bits per heavy atom. The maximum absolute atomic E-state index is 11.9. The Kier molecular flexibility index (Phi) is 4.81. The summed E-state index contributed by atoms with van der Waals surface area (Å²) >= 11 is 0. The van der Waals surface area contributed by atoms with Gasteiger partial charge < -0.3 is 9.47 Å². The summed E-state index contributed by atoms with van der Waals surface area (Å²) < 4.78 is 2.32. The molecule has 1 aliphatic rings. The molecule has 0 N–H and O–H groups in total. The van der Waals surface area contributed by atoms with Crippen LogP contribution in [0.15, 0.2) is 36.4 Å². The highest BCUT2D eigenvalue weighted by molar-refractivity contribution is 6.12. The lowest BCUT2D eigenvalue weighted by molar-refractivity contribution is 0.0615. The predicted molar refractivity (Wildman–Crippen MR) is 113 cm³/mol. The first-order chi connectivity index (χ1) is 13.3. The second-order valence-corrected chi connectivity index (χ2v) is 8.10. The number of Topliss-reactive ketones (excluding diaryl/α,β-unsaturated/α-hetero) is 2. The molecular weight excluding hydrogens is 350 g/mol. The molecule has 146 valence electrons. The molecule has 1 aliphatic heterocycles. The summed E-state index contributed by atoms with van der Waals surface area (Å²) in [6.45, 7) is 7.27. The van der Waals surface area contributed by atoms with Gasteiger partial charge in [0.05, 0.1) is 0 Å². The van der Waals surface area contributed by atoms with Gasteiger partial charge in [0, 0.05) is 65.2 Å². The average molecular weight is 377 g/mol. The zero-order valence-electron chi connectivity index (χ0n) is 17.0. The van der Waals surface area contributed by atoms with Crippen LogP contribution in [-0.4, -0.2) is 65.7 Å². The molecule has 0 spiro atoms. The summed E-state index contributed by atoms with van der Waals surface area (Å²) in [6.07, 6.45) is 0. The number of aromatic nitrogens is 1. The number of carbonyl (C=O) groups is 2. The maximum atomic E-state index is 11.9. The molecule has 28 heavy (non-hydrogen) atoms. The van der Waals surface area contributed by atoms with Crippen molar-refractivity contribution in [1.82, 2.24) is 14.4 Å². The van der Waals surface area contributed by atoms with E-state index in [1.54, 1.807) is 13.8 Å². The molecule has 0 atom stereocenters. The number of ketones is 2. The molecule has 1 saturated heterocycles. The highest BCUT2D eigenvalue weighted by atomic mass is 16.1. The van der Waals surface area contributed by atoms with E-state index in [1.165, 1.54) is 0 Å². The van der Waals surface area contributed by atoms with Crippen molar-refractivity contribution in [3.63, 3.8) is 0 Å². The van der Waals surface area contributed by atoms with Gasteiger partial charge in [-0.3, -0.25) is 14.5 Å². The third kappa shape index (κ3) is 3.25. The van der Waals surface area contributed by atoms with Gasteiger partial charge in [0.25, 0.3) is 0 Å². The lowest BCUT2D eigenvalue weighted by atomic mass is 10.0. The Bertz CT molecular complexity index is 1000. The Morgan fingerprint density at radius 1 is 0.893 bits per heavy atom. The van der Waals surface area contributed by atoms with Crippen LogP contribution in [-0.2, 0) is 6.54 Å². The van der Waals surface area contributed by atoms with Crippen LogP contribution in [0.2, 0.25) is 0 Å². The number of carbonyl (C=O) groups excluding carboxylic acids is 2. The first-order valence-electron chi connectivity index (χ1n) is 9.82. The van der Waals surface area contributed by atoms with Crippen molar-refractivity contribution in [3.8, 4) is 0 Å². The highest BCUT2D eigenvalue weighted by Gasteiger charge is 2.27. The van der Waals surface area contributed by atoms with Gasteiger partial charge in [-0.15, -0.1) is 0 Å². The van der Waals surface area contributed by atoms with E-state index in [1.807, 2.05) is 36.4 Å². The number of hydrogen-bond donors (Lipinski definition) is 0. The number of likely N-dealkylation sites (N-methyl/N-ethyl adjacent to an activating group) is 1. The van der Waals surface area contributed by atoms with Crippen molar-refractivity contribution in [2.75, 3.05) is 33.7 Å². The molecular formula is C23H27N3O2. The Balaban J connectivity index is 1.73. The average Bonchev–Trinajstić information content (AvgIpc) is 2.92. The molecule has 5 heteroatoms. The van der Waals surface area contributed by atoms with Gasteiger partial charge in [0.1, 0.15) is 0 Å². The van der Waals surface area contributed by atoms with Crippen LogP contribution in [0.4, 0.5) is 0 Å². The molecule has 2 heterocycles. The molecule has 3 aromatic rings. The zero-order chi connectivity index (χ0) is 20.0. The van der Waals surface area contributed by atoms with E-state index in [-0.39, 0.29) is 11.6 Å². The molecule has 4 rings (SSSR count). The fourth-order valence-electron chi connectivity index (χ4n) is 4.08. The fourth-order valence-corrected chi connectivity index (χ4v) is 4.08. The molecule has 0 bridgehead atoms. The van der Waals surface area contributed by atoms with Gasteiger partial charge in [-0.05, 0) is 64.3 Å². The summed E-state index contributed by atoms with van der Waals surface area (Å²) in [4.78, 5) is 28.5. The number of hydrogen-bond acceptors (Lipinski definition) is 4. The molecule has 1 fully saturated rings. The van der Waals surface area contributed by atoms with Gasteiger partial charge in [0.2, 0.25) is 0 Å². The lowest BCUT2D eigenvalue weighted by Gasteiger charge is -2.42. The summed E-state index contributed by atoms with van der Waals surface area (Å²) in [7, 11) is 4.27. The van der Waals surface area contributed by atoms with Crippen LogP contribution < -0.4 is 0 Å². The smallest absolute Gasteiger partial charge is 0.159 e. The monoisotopic (exact) mass is 377 g/mol. The number of fused-ring (bicyclic) bond motifs is 3. The maximum Gasteiger partial charge on any atom is 0.159 e. The van der Waals surface area contributed by atoms with E-state index in [0.717, 1.165) is 48.0 Å². The van der Waals surface area contributed by atoms with E-state index < -0.39 is 0 Å². The minimum absolute atomic E-state index is 0.0563. The fraction of sp³-hybridized carbons (Fsp3) is 0.391. The third-order valence-corrected chi connectivity index (χ3v) is 5.99. The second-order valence-electron chi connectivity index (χ2n) is 8.10. The van der Waals surface area contributed by atoms with Gasteiger partial charge in [0.15, 0.2) is 11.6 Å². The van der Waals surface area contributed by atoms with Crippen molar-refractivity contribution in [1.29, 1.82) is 0 Å². The van der Waals surface area contributed by atoms with E-state index in [4.69, 9.17) is 0 Å². The third-order valence-electron chi connectivity index (χ3n) is 5.99. The Hall–Kier alpha value is -2.50. The van der Waals surface area contributed by atoms with Crippen LogP contribution in [0.5, 0.6) is 0 Å². The van der Waals surface area contributed by atoms with E-state index in [2.05, 4.69) is 28.5 Å². The first kappa shape index (κ1) is 18.8. The minimum atomic E-state index is 0.0563. The van der Waals surface area contributed by atoms with Gasteiger partial charge in [-0.25, -0.2) is 0 Å². The molecule has 0 unspecified atom stereocenters.